The van der Waals surface area contributed by atoms with Gasteiger partial charge in [-0.1, -0.05) is 47.0 Å². The van der Waals surface area contributed by atoms with Crippen molar-refractivity contribution in [2.75, 3.05) is 6.54 Å². The van der Waals surface area contributed by atoms with Crippen LogP contribution in [0.1, 0.15) is 59.8 Å². The van der Waals surface area contributed by atoms with Gasteiger partial charge in [0, 0.05) is 12.6 Å². The van der Waals surface area contributed by atoms with Gasteiger partial charge in [0.25, 0.3) is 0 Å². The van der Waals surface area contributed by atoms with Crippen molar-refractivity contribution in [2.24, 2.45) is 17.8 Å². The Hall–Kier alpha value is -0.310. The second-order valence-electron chi connectivity index (χ2n) is 6.04. The third-order valence-electron chi connectivity index (χ3n) is 4.18. The molecule has 0 radical (unpaired) electrons. The molecular formula is C15H30N2S. The van der Waals surface area contributed by atoms with Gasteiger partial charge in [0.15, 0.2) is 5.11 Å². The van der Waals surface area contributed by atoms with E-state index in [0.717, 1.165) is 23.5 Å². The second-order valence-corrected chi connectivity index (χ2v) is 6.45. The molecule has 1 aliphatic carbocycles. The minimum absolute atomic E-state index is 0.584. The van der Waals surface area contributed by atoms with Gasteiger partial charge in [-0.15, -0.1) is 0 Å². The van der Waals surface area contributed by atoms with Crippen molar-refractivity contribution < 1.29 is 0 Å². The van der Waals surface area contributed by atoms with Gasteiger partial charge in [-0.25, -0.2) is 0 Å². The maximum Gasteiger partial charge on any atom is 0.166 e. The molecule has 0 aromatic carbocycles. The summed E-state index contributed by atoms with van der Waals surface area (Å²) in [5.41, 5.74) is 0. The van der Waals surface area contributed by atoms with Crippen LogP contribution in [-0.2, 0) is 0 Å². The molecule has 2 N–H and O–H groups in total. The first kappa shape index (κ1) is 15.7. The molecule has 0 aromatic rings. The highest BCUT2D eigenvalue weighted by Crippen LogP contribution is 2.33. The van der Waals surface area contributed by atoms with E-state index in [-0.39, 0.29) is 0 Å². The Labute approximate surface area is 118 Å². The van der Waals surface area contributed by atoms with Crippen LogP contribution in [0, 0.1) is 17.8 Å². The van der Waals surface area contributed by atoms with Crippen molar-refractivity contribution in [2.45, 2.75) is 65.8 Å². The molecule has 0 saturated heterocycles. The minimum Gasteiger partial charge on any atom is -0.362 e. The molecule has 0 amide bonds. The van der Waals surface area contributed by atoms with E-state index in [1.54, 1.807) is 0 Å². The number of hydrogen-bond donors (Lipinski definition) is 2. The maximum atomic E-state index is 5.43. The number of hydrogen-bond acceptors (Lipinski definition) is 1. The van der Waals surface area contributed by atoms with Crippen LogP contribution in [0.4, 0.5) is 0 Å². The van der Waals surface area contributed by atoms with E-state index in [4.69, 9.17) is 12.2 Å². The highest BCUT2D eigenvalue weighted by atomic mass is 32.1. The highest BCUT2D eigenvalue weighted by Gasteiger charge is 2.31. The van der Waals surface area contributed by atoms with E-state index < -0.39 is 0 Å². The standard InChI is InChI=1S/C15H30N2S/c1-5-12-8-7-9-13(6-2)14(12)17-15(18)16-10-11(3)4/h11-14H,5-10H2,1-4H3,(H2,16,17,18). The Balaban J connectivity index is 2.50. The van der Waals surface area contributed by atoms with E-state index in [9.17, 15) is 0 Å². The molecule has 1 saturated carbocycles. The van der Waals surface area contributed by atoms with Gasteiger partial charge in [0.1, 0.15) is 0 Å². The lowest BCUT2D eigenvalue weighted by Gasteiger charge is -2.39. The number of nitrogens with one attached hydrogen (secondary N) is 2. The minimum atomic E-state index is 0.584. The van der Waals surface area contributed by atoms with Crippen LogP contribution < -0.4 is 10.6 Å². The van der Waals surface area contributed by atoms with Gasteiger partial charge in [-0.05, 0) is 42.8 Å². The summed E-state index contributed by atoms with van der Waals surface area (Å²) >= 11 is 5.43. The first-order chi connectivity index (χ1) is 8.58. The third-order valence-corrected chi connectivity index (χ3v) is 4.45. The lowest BCUT2D eigenvalue weighted by atomic mass is 9.74. The van der Waals surface area contributed by atoms with Gasteiger partial charge in [0.05, 0.1) is 0 Å². The third kappa shape index (κ3) is 4.75. The van der Waals surface area contributed by atoms with Crippen molar-refractivity contribution in [3.05, 3.63) is 0 Å². The first-order valence-corrected chi connectivity index (χ1v) is 8.03. The molecule has 0 bridgehead atoms. The van der Waals surface area contributed by atoms with Gasteiger partial charge in [-0.3, -0.25) is 0 Å². The summed E-state index contributed by atoms with van der Waals surface area (Å²) in [6, 6.07) is 0.584. The van der Waals surface area contributed by atoms with Crippen molar-refractivity contribution in [3.63, 3.8) is 0 Å². The summed E-state index contributed by atoms with van der Waals surface area (Å²) in [4.78, 5) is 0. The van der Waals surface area contributed by atoms with Crippen LogP contribution in [0.25, 0.3) is 0 Å². The summed E-state index contributed by atoms with van der Waals surface area (Å²) in [5, 5.41) is 7.79. The SMILES string of the molecule is CCC1CCCC(CC)C1NC(=S)NCC(C)C. The van der Waals surface area contributed by atoms with Crippen LogP contribution >= 0.6 is 12.2 Å². The van der Waals surface area contributed by atoms with Crippen molar-refractivity contribution in [1.82, 2.24) is 10.6 Å². The predicted octanol–water partition coefficient (Wildman–Crippen LogP) is 3.71. The Morgan fingerprint density at radius 2 is 1.72 bits per heavy atom. The molecule has 0 heterocycles. The average Bonchev–Trinajstić information content (AvgIpc) is 2.36. The van der Waals surface area contributed by atoms with Crippen LogP contribution in [0.15, 0.2) is 0 Å². The second kappa shape index (κ2) is 7.98. The molecule has 0 aromatic heterocycles. The zero-order chi connectivity index (χ0) is 13.5. The molecular weight excluding hydrogens is 240 g/mol. The molecule has 1 aliphatic rings. The zero-order valence-corrected chi connectivity index (χ0v) is 13.3. The fraction of sp³-hybridized carbons (Fsp3) is 0.933. The molecule has 1 rings (SSSR count). The first-order valence-electron chi connectivity index (χ1n) is 7.62. The largest absolute Gasteiger partial charge is 0.362 e. The summed E-state index contributed by atoms with van der Waals surface area (Å²) in [7, 11) is 0. The smallest absolute Gasteiger partial charge is 0.166 e. The summed E-state index contributed by atoms with van der Waals surface area (Å²) in [6.45, 7) is 10.00. The zero-order valence-electron chi connectivity index (χ0n) is 12.5. The van der Waals surface area contributed by atoms with Crippen LogP contribution in [0.2, 0.25) is 0 Å². The average molecular weight is 270 g/mol. The lowest BCUT2D eigenvalue weighted by molar-refractivity contribution is 0.192. The van der Waals surface area contributed by atoms with E-state index in [0.29, 0.717) is 12.0 Å². The normalized spacial score (nSPS) is 28.2. The summed E-state index contributed by atoms with van der Waals surface area (Å²) < 4.78 is 0. The van der Waals surface area contributed by atoms with Gasteiger partial charge < -0.3 is 10.6 Å². The molecule has 1 fully saturated rings. The molecule has 0 spiro atoms. The molecule has 106 valence electrons. The topological polar surface area (TPSA) is 24.1 Å². The Bertz CT molecular complexity index is 241. The molecule has 2 unspecified atom stereocenters. The molecule has 3 heteroatoms. The van der Waals surface area contributed by atoms with E-state index >= 15 is 0 Å². The molecule has 2 nitrogen and oxygen atoms in total. The molecule has 18 heavy (non-hydrogen) atoms. The van der Waals surface area contributed by atoms with Crippen molar-refractivity contribution in [1.29, 1.82) is 0 Å². The lowest BCUT2D eigenvalue weighted by Crippen LogP contribution is -2.51. The van der Waals surface area contributed by atoms with Crippen LogP contribution in [0.5, 0.6) is 0 Å². The van der Waals surface area contributed by atoms with E-state index in [1.807, 2.05) is 0 Å². The maximum absolute atomic E-state index is 5.43. The fourth-order valence-electron chi connectivity index (χ4n) is 3.04. The predicted molar refractivity (Wildman–Crippen MR) is 83.8 cm³/mol. The van der Waals surface area contributed by atoms with E-state index in [2.05, 4.69) is 38.3 Å². The van der Waals surface area contributed by atoms with Gasteiger partial charge >= 0.3 is 0 Å². The van der Waals surface area contributed by atoms with E-state index in [1.165, 1.54) is 32.1 Å². The molecule has 0 aliphatic heterocycles. The van der Waals surface area contributed by atoms with Gasteiger partial charge in [-0.2, -0.15) is 0 Å². The molecule has 2 atom stereocenters. The number of rotatable bonds is 5. The highest BCUT2D eigenvalue weighted by molar-refractivity contribution is 7.80. The Kier molecular flexibility index (Phi) is 6.98. The quantitative estimate of drug-likeness (QED) is 0.745. The van der Waals surface area contributed by atoms with Gasteiger partial charge in [0.2, 0.25) is 0 Å². The summed E-state index contributed by atoms with van der Waals surface area (Å²) in [6.07, 6.45) is 6.64. The monoisotopic (exact) mass is 270 g/mol. The Morgan fingerprint density at radius 1 is 1.17 bits per heavy atom. The summed E-state index contributed by atoms with van der Waals surface area (Å²) in [5.74, 6) is 2.23. The van der Waals surface area contributed by atoms with Crippen LogP contribution in [0.3, 0.4) is 0 Å². The van der Waals surface area contributed by atoms with Crippen molar-refractivity contribution in [3.8, 4) is 0 Å². The Morgan fingerprint density at radius 3 is 2.17 bits per heavy atom. The van der Waals surface area contributed by atoms with Crippen LogP contribution in [-0.4, -0.2) is 17.7 Å². The fourth-order valence-corrected chi connectivity index (χ4v) is 3.26. The number of thiocarbonyl (C=S) groups is 1. The van der Waals surface area contributed by atoms with Crippen molar-refractivity contribution >= 4 is 17.3 Å².